The molecule has 1 fully saturated rings. The van der Waals surface area contributed by atoms with Gasteiger partial charge in [-0.1, -0.05) is 6.92 Å². The number of piperazine rings is 1. The summed E-state index contributed by atoms with van der Waals surface area (Å²) in [6.07, 6.45) is 3.17. The van der Waals surface area contributed by atoms with Crippen LogP contribution in [-0.4, -0.2) is 35.0 Å². The summed E-state index contributed by atoms with van der Waals surface area (Å²) in [4.78, 5) is 2.42. The van der Waals surface area contributed by atoms with Crippen LogP contribution in [0.1, 0.15) is 20.3 Å². The SMILES string of the molecule is CCC1CNC(C)CN1c1ccn(C)n1. The number of aryl methyl sites for hydroxylation is 1. The molecule has 84 valence electrons. The lowest BCUT2D eigenvalue weighted by atomic mass is 10.1. The van der Waals surface area contributed by atoms with Crippen molar-refractivity contribution in [2.24, 2.45) is 7.05 Å². The summed E-state index contributed by atoms with van der Waals surface area (Å²) in [5.74, 6) is 1.11. The zero-order valence-corrected chi connectivity index (χ0v) is 9.77. The lowest BCUT2D eigenvalue weighted by Crippen LogP contribution is -2.55. The number of nitrogens with zero attached hydrogens (tertiary/aromatic N) is 3. The molecular formula is C11H20N4. The first-order valence-corrected chi connectivity index (χ1v) is 5.70. The van der Waals surface area contributed by atoms with Gasteiger partial charge in [0.05, 0.1) is 0 Å². The summed E-state index contributed by atoms with van der Waals surface area (Å²) in [6.45, 7) is 6.57. The molecule has 0 spiro atoms. The van der Waals surface area contributed by atoms with Gasteiger partial charge in [-0.05, 0) is 13.3 Å². The van der Waals surface area contributed by atoms with Gasteiger partial charge < -0.3 is 10.2 Å². The van der Waals surface area contributed by atoms with Crippen molar-refractivity contribution in [2.75, 3.05) is 18.0 Å². The van der Waals surface area contributed by atoms with Gasteiger partial charge in [0.15, 0.2) is 5.82 Å². The van der Waals surface area contributed by atoms with E-state index in [0.29, 0.717) is 12.1 Å². The number of nitrogens with one attached hydrogen (secondary N) is 1. The fraction of sp³-hybridized carbons (Fsp3) is 0.727. The minimum atomic E-state index is 0.551. The predicted octanol–water partition coefficient (Wildman–Crippen LogP) is 0.997. The summed E-state index contributed by atoms with van der Waals surface area (Å²) in [5, 5.41) is 8.00. The lowest BCUT2D eigenvalue weighted by molar-refractivity contribution is 0.399. The molecule has 2 unspecified atom stereocenters. The topological polar surface area (TPSA) is 33.1 Å². The van der Waals surface area contributed by atoms with Crippen LogP contribution in [-0.2, 0) is 7.05 Å². The fourth-order valence-corrected chi connectivity index (χ4v) is 2.16. The van der Waals surface area contributed by atoms with Crippen molar-refractivity contribution in [1.29, 1.82) is 0 Å². The van der Waals surface area contributed by atoms with Crippen molar-refractivity contribution in [3.63, 3.8) is 0 Å². The van der Waals surface area contributed by atoms with Crippen molar-refractivity contribution in [3.05, 3.63) is 12.3 Å². The van der Waals surface area contributed by atoms with Crippen molar-refractivity contribution in [3.8, 4) is 0 Å². The third kappa shape index (κ3) is 2.15. The molecule has 1 aliphatic heterocycles. The molecule has 4 heteroatoms. The number of anilines is 1. The maximum atomic E-state index is 4.48. The second-order valence-corrected chi connectivity index (χ2v) is 4.37. The second-order valence-electron chi connectivity index (χ2n) is 4.37. The molecule has 15 heavy (non-hydrogen) atoms. The molecule has 1 N–H and O–H groups in total. The van der Waals surface area contributed by atoms with Crippen molar-refractivity contribution in [2.45, 2.75) is 32.4 Å². The van der Waals surface area contributed by atoms with Gasteiger partial charge in [0.2, 0.25) is 0 Å². The fourth-order valence-electron chi connectivity index (χ4n) is 2.16. The molecule has 2 heterocycles. The Bertz CT molecular complexity index is 320. The maximum Gasteiger partial charge on any atom is 0.150 e. The Balaban J connectivity index is 2.16. The van der Waals surface area contributed by atoms with Crippen molar-refractivity contribution >= 4 is 5.82 Å². The zero-order chi connectivity index (χ0) is 10.8. The van der Waals surface area contributed by atoms with Crippen molar-refractivity contribution < 1.29 is 0 Å². The lowest BCUT2D eigenvalue weighted by Gasteiger charge is -2.39. The molecule has 2 atom stereocenters. The highest BCUT2D eigenvalue weighted by molar-refractivity contribution is 5.39. The molecule has 1 aromatic heterocycles. The Morgan fingerprint density at radius 3 is 3.00 bits per heavy atom. The summed E-state index contributed by atoms with van der Waals surface area (Å²) >= 11 is 0. The van der Waals surface area contributed by atoms with E-state index in [0.717, 1.165) is 25.3 Å². The minimum absolute atomic E-state index is 0.551. The van der Waals surface area contributed by atoms with Gasteiger partial charge in [0.1, 0.15) is 0 Å². The average molecular weight is 208 g/mol. The minimum Gasteiger partial charge on any atom is -0.349 e. The highest BCUT2D eigenvalue weighted by atomic mass is 15.4. The van der Waals surface area contributed by atoms with Crippen LogP contribution in [0.25, 0.3) is 0 Å². The monoisotopic (exact) mass is 208 g/mol. The standard InChI is InChI=1S/C11H20N4/c1-4-10-7-12-9(2)8-15(10)11-5-6-14(3)13-11/h5-6,9-10,12H,4,7-8H2,1-3H3. The highest BCUT2D eigenvalue weighted by Crippen LogP contribution is 2.18. The van der Waals surface area contributed by atoms with E-state index >= 15 is 0 Å². The first-order chi connectivity index (χ1) is 7.20. The molecule has 0 amide bonds. The normalized spacial score (nSPS) is 27.0. The van der Waals surface area contributed by atoms with E-state index in [2.05, 4.69) is 35.2 Å². The van der Waals surface area contributed by atoms with E-state index < -0.39 is 0 Å². The van der Waals surface area contributed by atoms with Gasteiger partial charge in [0, 0.05) is 44.5 Å². The second kappa shape index (κ2) is 4.23. The zero-order valence-electron chi connectivity index (χ0n) is 9.77. The van der Waals surface area contributed by atoms with E-state index in [9.17, 15) is 0 Å². The van der Waals surface area contributed by atoms with Gasteiger partial charge in [-0.25, -0.2) is 0 Å². The van der Waals surface area contributed by atoms with Gasteiger partial charge in [-0.15, -0.1) is 0 Å². The largest absolute Gasteiger partial charge is 0.349 e. The Morgan fingerprint density at radius 2 is 2.40 bits per heavy atom. The van der Waals surface area contributed by atoms with Crippen LogP contribution < -0.4 is 10.2 Å². The Morgan fingerprint density at radius 1 is 1.60 bits per heavy atom. The Hall–Kier alpha value is -1.03. The molecule has 0 aliphatic carbocycles. The summed E-state index contributed by atoms with van der Waals surface area (Å²) < 4.78 is 1.87. The predicted molar refractivity (Wildman–Crippen MR) is 62.1 cm³/mol. The molecule has 2 rings (SSSR count). The molecule has 4 nitrogen and oxygen atoms in total. The van der Waals surface area contributed by atoms with Crippen LogP contribution in [0.5, 0.6) is 0 Å². The van der Waals surface area contributed by atoms with Gasteiger partial charge in [-0.2, -0.15) is 5.10 Å². The van der Waals surface area contributed by atoms with Crippen LogP contribution in [0, 0.1) is 0 Å². The van der Waals surface area contributed by atoms with E-state index in [1.54, 1.807) is 0 Å². The molecule has 1 aliphatic rings. The van der Waals surface area contributed by atoms with Gasteiger partial charge >= 0.3 is 0 Å². The average Bonchev–Trinajstić information content (AvgIpc) is 2.65. The maximum absolute atomic E-state index is 4.48. The van der Waals surface area contributed by atoms with Crippen LogP contribution in [0.3, 0.4) is 0 Å². The highest BCUT2D eigenvalue weighted by Gasteiger charge is 2.25. The molecule has 0 saturated carbocycles. The van der Waals surface area contributed by atoms with Gasteiger partial charge in [0.25, 0.3) is 0 Å². The molecule has 0 bridgehead atoms. The van der Waals surface area contributed by atoms with Crippen LogP contribution in [0.15, 0.2) is 12.3 Å². The number of hydrogen-bond donors (Lipinski definition) is 1. The van der Waals surface area contributed by atoms with Crippen LogP contribution in [0.2, 0.25) is 0 Å². The molecule has 1 aromatic rings. The smallest absolute Gasteiger partial charge is 0.150 e. The van der Waals surface area contributed by atoms with Crippen molar-refractivity contribution in [1.82, 2.24) is 15.1 Å². The van der Waals surface area contributed by atoms with E-state index in [-0.39, 0.29) is 0 Å². The Labute approximate surface area is 91.3 Å². The van der Waals surface area contributed by atoms with Crippen LogP contribution >= 0.6 is 0 Å². The number of hydrogen-bond acceptors (Lipinski definition) is 3. The first-order valence-electron chi connectivity index (χ1n) is 5.70. The van der Waals surface area contributed by atoms with Gasteiger partial charge in [-0.3, -0.25) is 4.68 Å². The van der Waals surface area contributed by atoms with E-state index in [1.165, 1.54) is 0 Å². The third-order valence-corrected chi connectivity index (χ3v) is 3.08. The summed E-state index contributed by atoms with van der Waals surface area (Å²) in [6, 6.07) is 3.23. The number of rotatable bonds is 2. The van der Waals surface area contributed by atoms with Crippen LogP contribution in [0.4, 0.5) is 5.82 Å². The first kappa shape index (κ1) is 10.5. The third-order valence-electron chi connectivity index (χ3n) is 3.08. The molecular weight excluding hydrogens is 188 g/mol. The van der Waals surface area contributed by atoms with E-state index in [4.69, 9.17) is 0 Å². The molecule has 0 radical (unpaired) electrons. The van der Waals surface area contributed by atoms with E-state index in [1.807, 2.05) is 17.9 Å². The summed E-state index contributed by atoms with van der Waals surface area (Å²) in [5.41, 5.74) is 0. The quantitative estimate of drug-likeness (QED) is 0.787. The molecule has 0 aromatic carbocycles. The summed E-state index contributed by atoms with van der Waals surface area (Å²) in [7, 11) is 1.97. The number of aromatic nitrogens is 2. The Kier molecular flexibility index (Phi) is 2.95. The molecule has 1 saturated heterocycles.